The minimum Gasteiger partial charge on any atom is -0.506 e. The van der Waals surface area contributed by atoms with Crippen LogP contribution in [-0.4, -0.2) is 33.3 Å². The van der Waals surface area contributed by atoms with E-state index in [9.17, 15) is 27.0 Å². The van der Waals surface area contributed by atoms with Crippen LogP contribution in [0.5, 0.6) is 5.75 Å². The molecule has 0 saturated heterocycles. The van der Waals surface area contributed by atoms with E-state index in [1.807, 2.05) is 4.72 Å². The van der Waals surface area contributed by atoms with Crippen molar-refractivity contribution in [2.45, 2.75) is 11.3 Å². The molecule has 0 spiro atoms. The average molecular weight is 396 g/mol. The molecule has 138 valence electrons. The molecule has 0 atom stereocenters. The SMILES string of the molecule is CS(=O)(=O)c1cccc(Cc2ccc(N3C=C(O)NS3(=O)=O)c(O)c2)c1. The molecule has 1 heterocycles. The van der Waals surface area contributed by atoms with Crippen LogP contribution in [0.1, 0.15) is 11.1 Å². The molecule has 1 aliphatic rings. The monoisotopic (exact) mass is 396 g/mol. The van der Waals surface area contributed by atoms with Gasteiger partial charge in [-0.3, -0.25) is 0 Å². The smallest absolute Gasteiger partial charge is 0.330 e. The van der Waals surface area contributed by atoms with Gasteiger partial charge in [0.15, 0.2) is 9.84 Å². The van der Waals surface area contributed by atoms with Gasteiger partial charge in [-0.1, -0.05) is 18.2 Å². The van der Waals surface area contributed by atoms with Gasteiger partial charge in [0.05, 0.1) is 11.1 Å². The molecular formula is C16H16N2O6S2. The molecule has 0 unspecified atom stereocenters. The Kier molecular flexibility index (Phi) is 4.32. The minimum atomic E-state index is -3.99. The largest absolute Gasteiger partial charge is 0.506 e. The van der Waals surface area contributed by atoms with Crippen LogP contribution in [0.2, 0.25) is 0 Å². The van der Waals surface area contributed by atoms with E-state index >= 15 is 0 Å². The van der Waals surface area contributed by atoms with Crippen LogP contribution >= 0.6 is 0 Å². The fraction of sp³-hybridized carbons (Fsp3) is 0.125. The van der Waals surface area contributed by atoms with Gasteiger partial charge in [0.25, 0.3) is 0 Å². The molecule has 10 heteroatoms. The van der Waals surface area contributed by atoms with Gasteiger partial charge in [0.1, 0.15) is 11.4 Å². The number of rotatable bonds is 4. The summed E-state index contributed by atoms with van der Waals surface area (Å²) in [6.45, 7) is 0. The Morgan fingerprint density at radius 1 is 1.08 bits per heavy atom. The van der Waals surface area contributed by atoms with Crippen LogP contribution in [0.3, 0.4) is 0 Å². The zero-order valence-corrected chi connectivity index (χ0v) is 15.3. The van der Waals surface area contributed by atoms with Crippen molar-refractivity contribution < 1.29 is 27.0 Å². The molecule has 26 heavy (non-hydrogen) atoms. The van der Waals surface area contributed by atoms with Crippen LogP contribution < -0.4 is 9.03 Å². The van der Waals surface area contributed by atoms with Crippen LogP contribution in [0.4, 0.5) is 5.69 Å². The summed E-state index contributed by atoms with van der Waals surface area (Å²) in [4.78, 5) is 0.200. The van der Waals surface area contributed by atoms with E-state index in [1.165, 1.54) is 18.2 Å². The van der Waals surface area contributed by atoms with Crippen LogP contribution in [0.15, 0.2) is 59.4 Å². The van der Waals surface area contributed by atoms with E-state index in [0.29, 0.717) is 12.0 Å². The molecule has 0 bridgehead atoms. The molecule has 2 aromatic carbocycles. The molecule has 3 rings (SSSR count). The fourth-order valence-electron chi connectivity index (χ4n) is 2.57. The highest BCUT2D eigenvalue weighted by molar-refractivity contribution is 7.91. The molecule has 3 N–H and O–H groups in total. The predicted molar refractivity (Wildman–Crippen MR) is 95.7 cm³/mol. The van der Waals surface area contributed by atoms with Gasteiger partial charge in [-0.15, -0.1) is 0 Å². The minimum absolute atomic E-state index is 0.0183. The highest BCUT2D eigenvalue weighted by Crippen LogP contribution is 2.33. The molecule has 0 amide bonds. The second-order valence-corrected chi connectivity index (χ2v) is 9.40. The number of hydrogen-bond acceptors (Lipinski definition) is 6. The third-order valence-corrected chi connectivity index (χ3v) is 6.14. The maximum absolute atomic E-state index is 11.9. The first-order valence-electron chi connectivity index (χ1n) is 7.40. The Labute approximate surface area is 151 Å². The van der Waals surface area contributed by atoms with Gasteiger partial charge in [0.2, 0.25) is 5.88 Å². The normalized spacial score (nSPS) is 16.2. The third kappa shape index (κ3) is 3.60. The topological polar surface area (TPSA) is 124 Å². The first-order valence-corrected chi connectivity index (χ1v) is 10.7. The number of phenols is 1. The highest BCUT2D eigenvalue weighted by Gasteiger charge is 2.30. The summed E-state index contributed by atoms with van der Waals surface area (Å²) in [6, 6.07) is 10.9. The van der Waals surface area contributed by atoms with E-state index in [2.05, 4.69) is 0 Å². The summed E-state index contributed by atoms with van der Waals surface area (Å²) in [5.41, 5.74) is 1.37. The number of aliphatic hydroxyl groups excluding tert-OH is 1. The van der Waals surface area contributed by atoms with Crippen molar-refractivity contribution in [2.24, 2.45) is 0 Å². The van der Waals surface area contributed by atoms with E-state index in [0.717, 1.165) is 22.3 Å². The van der Waals surface area contributed by atoms with Crippen molar-refractivity contribution >= 4 is 25.7 Å². The van der Waals surface area contributed by atoms with E-state index in [1.54, 1.807) is 24.3 Å². The van der Waals surface area contributed by atoms with Crippen molar-refractivity contribution in [3.05, 3.63) is 65.7 Å². The molecule has 1 aliphatic heterocycles. The number of anilines is 1. The lowest BCUT2D eigenvalue weighted by Crippen LogP contribution is -2.29. The lowest BCUT2D eigenvalue weighted by Gasteiger charge is -2.16. The standard InChI is InChI=1S/C16H16N2O6S2/c1-25(21,22)13-4-2-3-11(8-13)7-12-5-6-14(15(19)9-12)18-10-16(20)17-26(18,23)24/h2-6,8-10,17,19-20H,7H2,1H3. The number of phenolic OH excluding ortho intramolecular Hbond substituents is 1. The maximum Gasteiger partial charge on any atom is 0.330 e. The Balaban J connectivity index is 1.90. The average Bonchev–Trinajstić information content (AvgIpc) is 2.79. The zero-order chi connectivity index (χ0) is 19.1. The number of benzene rings is 2. The maximum atomic E-state index is 11.9. The summed E-state index contributed by atoms with van der Waals surface area (Å²) >= 11 is 0. The predicted octanol–water partition coefficient (Wildman–Crippen LogP) is 1.40. The van der Waals surface area contributed by atoms with Gasteiger partial charge in [-0.2, -0.15) is 8.42 Å². The molecule has 0 saturated carbocycles. The number of sulfone groups is 1. The van der Waals surface area contributed by atoms with Crippen LogP contribution in [0.25, 0.3) is 0 Å². The Morgan fingerprint density at radius 3 is 2.35 bits per heavy atom. The zero-order valence-electron chi connectivity index (χ0n) is 13.6. The lowest BCUT2D eigenvalue weighted by molar-refractivity contribution is 0.392. The summed E-state index contributed by atoms with van der Waals surface area (Å²) in [7, 11) is -7.31. The fourth-order valence-corrected chi connectivity index (χ4v) is 4.33. The molecule has 0 aromatic heterocycles. The van der Waals surface area contributed by atoms with Crippen molar-refractivity contribution in [1.29, 1.82) is 0 Å². The Morgan fingerprint density at radius 2 is 1.77 bits per heavy atom. The van der Waals surface area contributed by atoms with Crippen LogP contribution in [-0.2, 0) is 26.5 Å². The molecule has 8 nitrogen and oxygen atoms in total. The van der Waals surface area contributed by atoms with Crippen molar-refractivity contribution in [2.75, 3.05) is 10.6 Å². The Hall–Kier alpha value is -2.72. The summed E-state index contributed by atoms with van der Waals surface area (Å²) in [5.74, 6) is -0.843. The summed E-state index contributed by atoms with van der Waals surface area (Å²) < 4.78 is 49.6. The molecule has 0 fully saturated rings. The number of aromatic hydroxyl groups is 1. The molecule has 2 aromatic rings. The van der Waals surface area contributed by atoms with Gasteiger partial charge < -0.3 is 10.2 Å². The van der Waals surface area contributed by atoms with Gasteiger partial charge in [-0.25, -0.2) is 17.4 Å². The summed E-state index contributed by atoms with van der Waals surface area (Å²) in [6.07, 6.45) is 2.42. The Bertz CT molecular complexity index is 1110. The van der Waals surface area contributed by atoms with Crippen molar-refractivity contribution in [3.63, 3.8) is 0 Å². The quantitative estimate of drug-likeness (QED) is 0.718. The van der Waals surface area contributed by atoms with E-state index in [-0.39, 0.29) is 16.3 Å². The highest BCUT2D eigenvalue weighted by atomic mass is 32.2. The lowest BCUT2D eigenvalue weighted by atomic mass is 10.0. The van der Waals surface area contributed by atoms with Crippen molar-refractivity contribution in [3.8, 4) is 5.75 Å². The second kappa shape index (κ2) is 6.22. The van der Waals surface area contributed by atoms with Crippen LogP contribution in [0, 0.1) is 0 Å². The van der Waals surface area contributed by atoms with E-state index in [4.69, 9.17) is 0 Å². The van der Waals surface area contributed by atoms with Gasteiger partial charge >= 0.3 is 10.2 Å². The number of hydrogen-bond donors (Lipinski definition) is 3. The van der Waals surface area contributed by atoms with Gasteiger partial charge in [-0.05, 0) is 41.8 Å². The molecule has 0 radical (unpaired) electrons. The van der Waals surface area contributed by atoms with Gasteiger partial charge in [0, 0.05) is 6.26 Å². The third-order valence-electron chi connectivity index (χ3n) is 3.74. The summed E-state index contributed by atoms with van der Waals surface area (Å²) in [5, 5.41) is 19.5. The molecular weight excluding hydrogens is 380 g/mol. The number of aliphatic hydroxyl groups is 1. The first kappa shape index (κ1) is 18.1. The number of nitrogens with one attached hydrogen (secondary N) is 1. The number of nitrogens with zero attached hydrogens (tertiary/aromatic N) is 1. The van der Waals surface area contributed by atoms with E-state index < -0.39 is 25.9 Å². The molecule has 0 aliphatic carbocycles. The second-order valence-electron chi connectivity index (χ2n) is 5.84. The first-order chi connectivity index (χ1) is 12.1. The van der Waals surface area contributed by atoms with Crippen molar-refractivity contribution in [1.82, 2.24) is 4.72 Å².